The Bertz CT molecular complexity index is 152. The highest BCUT2D eigenvalue weighted by Crippen LogP contribution is 2.24. The van der Waals surface area contributed by atoms with Gasteiger partial charge in [-0.2, -0.15) is 0 Å². The average Bonchev–Trinajstić information content (AvgIpc) is 2.01. The van der Waals surface area contributed by atoms with Crippen molar-refractivity contribution in [3.05, 3.63) is 0 Å². The van der Waals surface area contributed by atoms with Gasteiger partial charge in [0.05, 0.1) is 12.7 Å². The molecule has 0 heterocycles. The highest BCUT2D eigenvalue weighted by atomic mass is 16.5. The second kappa shape index (κ2) is 5.72. The molecule has 1 aliphatic rings. The lowest BCUT2D eigenvalue weighted by Gasteiger charge is -2.31. The Morgan fingerprint density at radius 1 is 1.36 bits per heavy atom. The molecule has 0 aromatic carbocycles. The van der Waals surface area contributed by atoms with Crippen molar-refractivity contribution in [1.29, 1.82) is 0 Å². The van der Waals surface area contributed by atoms with Crippen molar-refractivity contribution in [2.75, 3.05) is 19.7 Å². The van der Waals surface area contributed by atoms with E-state index >= 15 is 0 Å². The quantitative estimate of drug-likeness (QED) is 0.636. The normalized spacial score (nSPS) is 18.2. The summed E-state index contributed by atoms with van der Waals surface area (Å²) < 4.78 is 5.83. The van der Waals surface area contributed by atoms with E-state index in [-0.39, 0.29) is 5.41 Å². The zero-order valence-electron chi connectivity index (χ0n) is 9.94. The Kier molecular flexibility index (Phi) is 4.90. The van der Waals surface area contributed by atoms with Crippen molar-refractivity contribution in [1.82, 2.24) is 5.32 Å². The van der Waals surface area contributed by atoms with Crippen molar-refractivity contribution >= 4 is 0 Å². The van der Waals surface area contributed by atoms with Gasteiger partial charge in [0.25, 0.3) is 0 Å². The van der Waals surface area contributed by atoms with E-state index in [0.29, 0.717) is 6.10 Å². The predicted octanol–water partition coefficient (Wildman–Crippen LogP) is 2.58. The van der Waals surface area contributed by atoms with Gasteiger partial charge in [-0.25, -0.2) is 0 Å². The lowest BCUT2D eigenvalue weighted by atomic mass is 9.92. The molecule has 0 amide bonds. The molecular weight excluding hydrogens is 174 g/mol. The van der Waals surface area contributed by atoms with E-state index in [1.54, 1.807) is 0 Å². The summed E-state index contributed by atoms with van der Waals surface area (Å²) in [6.07, 6.45) is 5.69. The molecule has 0 aliphatic heterocycles. The largest absolute Gasteiger partial charge is 0.378 e. The summed E-state index contributed by atoms with van der Waals surface area (Å²) in [6.45, 7) is 9.82. The average molecular weight is 199 g/mol. The fourth-order valence-electron chi connectivity index (χ4n) is 1.54. The fourth-order valence-corrected chi connectivity index (χ4v) is 1.54. The molecule has 0 atom stereocenters. The Labute approximate surface area is 88.4 Å². The van der Waals surface area contributed by atoms with Crippen LogP contribution in [0.1, 0.15) is 46.5 Å². The third kappa shape index (κ3) is 4.43. The lowest BCUT2D eigenvalue weighted by Crippen LogP contribution is -2.36. The molecule has 0 saturated heterocycles. The Hall–Kier alpha value is -0.0800. The number of hydrogen-bond donors (Lipinski definition) is 1. The first-order valence-corrected chi connectivity index (χ1v) is 5.96. The molecule has 0 unspecified atom stereocenters. The summed E-state index contributed by atoms with van der Waals surface area (Å²) in [7, 11) is 0. The molecule has 84 valence electrons. The maximum absolute atomic E-state index is 5.83. The Morgan fingerprint density at radius 2 is 2.07 bits per heavy atom. The zero-order chi connectivity index (χ0) is 10.4. The van der Waals surface area contributed by atoms with E-state index in [1.165, 1.54) is 25.7 Å². The topological polar surface area (TPSA) is 21.3 Å². The number of nitrogens with one attached hydrogen (secondary N) is 1. The Balaban J connectivity index is 2.05. The van der Waals surface area contributed by atoms with Crippen LogP contribution in [0.3, 0.4) is 0 Å². The first kappa shape index (κ1) is 12.0. The summed E-state index contributed by atoms with van der Waals surface area (Å²) >= 11 is 0. The summed E-state index contributed by atoms with van der Waals surface area (Å²) in [4.78, 5) is 0. The molecule has 0 aromatic rings. The molecule has 2 nitrogen and oxygen atoms in total. The second-order valence-electron chi connectivity index (χ2n) is 5.20. The first-order chi connectivity index (χ1) is 6.64. The van der Waals surface area contributed by atoms with Gasteiger partial charge in [-0.1, -0.05) is 20.8 Å². The van der Waals surface area contributed by atoms with Crippen LogP contribution in [0.5, 0.6) is 0 Å². The van der Waals surface area contributed by atoms with Gasteiger partial charge in [0.15, 0.2) is 0 Å². The zero-order valence-corrected chi connectivity index (χ0v) is 9.94. The summed E-state index contributed by atoms with van der Waals surface area (Å²) in [6, 6.07) is 0. The molecule has 1 aliphatic carbocycles. The molecule has 1 N–H and O–H groups in total. The van der Waals surface area contributed by atoms with Crippen LogP contribution in [0.2, 0.25) is 0 Å². The van der Waals surface area contributed by atoms with Gasteiger partial charge < -0.3 is 10.1 Å². The van der Waals surface area contributed by atoms with Crippen LogP contribution >= 0.6 is 0 Å². The smallest absolute Gasteiger partial charge is 0.0575 e. The number of rotatable bonds is 7. The van der Waals surface area contributed by atoms with Crippen molar-refractivity contribution in [2.45, 2.75) is 52.6 Å². The van der Waals surface area contributed by atoms with Crippen molar-refractivity contribution < 1.29 is 4.74 Å². The van der Waals surface area contributed by atoms with Crippen LogP contribution in [0, 0.1) is 5.41 Å². The molecular formula is C12H25NO. The summed E-state index contributed by atoms with van der Waals surface area (Å²) in [5, 5.41) is 3.46. The van der Waals surface area contributed by atoms with E-state index in [4.69, 9.17) is 4.74 Å². The molecule has 0 bridgehead atoms. The molecule has 0 radical (unpaired) electrons. The van der Waals surface area contributed by atoms with Crippen LogP contribution in [0.15, 0.2) is 0 Å². The van der Waals surface area contributed by atoms with Gasteiger partial charge in [0.2, 0.25) is 0 Å². The molecule has 1 fully saturated rings. The van der Waals surface area contributed by atoms with Gasteiger partial charge in [0, 0.05) is 12.0 Å². The SMILES string of the molecule is CCCNCC(C)(C)COC1CCC1. The fraction of sp³-hybridized carbons (Fsp3) is 1.00. The van der Waals surface area contributed by atoms with Gasteiger partial charge in [-0.05, 0) is 32.2 Å². The van der Waals surface area contributed by atoms with E-state index in [0.717, 1.165) is 19.7 Å². The van der Waals surface area contributed by atoms with E-state index in [9.17, 15) is 0 Å². The minimum atomic E-state index is 0.282. The lowest BCUT2D eigenvalue weighted by molar-refractivity contribution is -0.0350. The number of ether oxygens (including phenoxy) is 1. The third-order valence-electron chi connectivity index (χ3n) is 2.79. The third-order valence-corrected chi connectivity index (χ3v) is 2.79. The van der Waals surface area contributed by atoms with Crippen molar-refractivity contribution in [3.63, 3.8) is 0 Å². The van der Waals surface area contributed by atoms with E-state index in [2.05, 4.69) is 26.1 Å². The van der Waals surface area contributed by atoms with Crippen LogP contribution < -0.4 is 5.32 Å². The molecule has 0 aromatic heterocycles. The van der Waals surface area contributed by atoms with Gasteiger partial charge in [-0.15, -0.1) is 0 Å². The van der Waals surface area contributed by atoms with Crippen molar-refractivity contribution in [3.8, 4) is 0 Å². The van der Waals surface area contributed by atoms with Crippen LogP contribution in [-0.4, -0.2) is 25.8 Å². The van der Waals surface area contributed by atoms with Crippen LogP contribution in [0.25, 0.3) is 0 Å². The first-order valence-electron chi connectivity index (χ1n) is 5.96. The van der Waals surface area contributed by atoms with E-state index in [1.807, 2.05) is 0 Å². The minimum Gasteiger partial charge on any atom is -0.378 e. The molecule has 2 heteroatoms. The maximum Gasteiger partial charge on any atom is 0.0575 e. The minimum absolute atomic E-state index is 0.282. The van der Waals surface area contributed by atoms with Gasteiger partial charge in [-0.3, -0.25) is 0 Å². The molecule has 14 heavy (non-hydrogen) atoms. The highest BCUT2D eigenvalue weighted by molar-refractivity contribution is 4.74. The summed E-state index contributed by atoms with van der Waals surface area (Å²) in [5.74, 6) is 0. The van der Waals surface area contributed by atoms with Gasteiger partial charge in [0.1, 0.15) is 0 Å². The molecule has 1 saturated carbocycles. The monoisotopic (exact) mass is 199 g/mol. The molecule has 1 rings (SSSR count). The van der Waals surface area contributed by atoms with Crippen LogP contribution in [0.4, 0.5) is 0 Å². The summed E-state index contributed by atoms with van der Waals surface area (Å²) in [5.41, 5.74) is 0.282. The van der Waals surface area contributed by atoms with Crippen molar-refractivity contribution in [2.24, 2.45) is 5.41 Å². The maximum atomic E-state index is 5.83. The number of hydrogen-bond acceptors (Lipinski definition) is 2. The second-order valence-corrected chi connectivity index (χ2v) is 5.20. The highest BCUT2D eigenvalue weighted by Gasteiger charge is 2.23. The Morgan fingerprint density at radius 3 is 2.57 bits per heavy atom. The van der Waals surface area contributed by atoms with Gasteiger partial charge >= 0.3 is 0 Å². The predicted molar refractivity (Wildman–Crippen MR) is 60.5 cm³/mol. The standard InChI is InChI=1S/C12H25NO/c1-4-8-13-9-12(2,3)10-14-11-6-5-7-11/h11,13H,4-10H2,1-3H3. The molecule has 0 spiro atoms. The van der Waals surface area contributed by atoms with Crippen LogP contribution in [-0.2, 0) is 4.74 Å². The van der Waals surface area contributed by atoms with E-state index < -0.39 is 0 Å².